The molecule has 2 aromatic heterocycles. The molecule has 0 amide bonds. The number of benzene rings is 3. The third-order valence-electron chi connectivity index (χ3n) is 5.53. The highest BCUT2D eigenvalue weighted by Gasteiger charge is 2.24. The fraction of sp³-hybridized carbons (Fsp3) is 0.0800. The van der Waals surface area contributed by atoms with Crippen LogP contribution in [0.3, 0.4) is 0 Å². The summed E-state index contributed by atoms with van der Waals surface area (Å²) in [6.07, 6.45) is 0. The Kier molecular flexibility index (Phi) is 4.77. The average molecular weight is 449 g/mol. The van der Waals surface area contributed by atoms with Crippen molar-refractivity contribution in [2.24, 2.45) is 7.05 Å². The molecule has 0 atom stereocenters. The van der Waals surface area contributed by atoms with Crippen LogP contribution in [0.1, 0.15) is 5.56 Å². The van der Waals surface area contributed by atoms with Gasteiger partial charge in [0.25, 0.3) is 5.56 Å². The van der Waals surface area contributed by atoms with E-state index in [0.29, 0.717) is 38.0 Å². The Bertz CT molecular complexity index is 1530. The van der Waals surface area contributed by atoms with Gasteiger partial charge in [-0.15, -0.1) is 0 Å². The second kappa shape index (κ2) is 7.49. The van der Waals surface area contributed by atoms with Crippen molar-refractivity contribution < 1.29 is 4.42 Å². The van der Waals surface area contributed by atoms with Gasteiger partial charge in [-0.05, 0) is 42.8 Å². The molecule has 0 unspecified atom stereocenters. The minimum Gasteiger partial charge on any atom is -0.439 e. The van der Waals surface area contributed by atoms with Gasteiger partial charge in [0, 0.05) is 28.7 Å². The molecular weight excluding hydrogens is 431 g/mol. The van der Waals surface area contributed by atoms with Crippen LogP contribution < -0.4 is 10.9 Å². The quantitative estimate of drug-likeness (QED) is 0.314. The molecule has 0 spiro atoms. The normalized spacial score (nSPS) is 11.4. The standard InChI is InChI=1S/C25H18Cl2N2O2/c1-14-7-3-5-9-19(14)28-24-21(16-12-11-15(26)13-18(16)27)22-23(31-24)17-8-4-6-10-20(17)29(2)25(22)30/h3-13,28H,1-2H3. The summed E-state index contributed by atoms with van der Waals surface area (Å²) >= 11 is 12.7. The van der Waals surface area contributed by atoms with E-state index in [9.17, 15) is 4.79 Å². The zero-order valence-electron chi connectivity index (χ0n) is 16.9. The van der Waals surface area contributed by atoms with E-state index in [1.54, 1.807) is 23.7 Å². The monoisotopic (exact) mass is 448 g/mol. The van der Waals surface area contributed by atoms with Crippen molar-refractivity contribution >= 4 is 56.6 Å². The van der Waals surface area contributed by atoms with E-state index in [0.717, 1.165) is 22.2 Å². The highest BCUT2D eigenvalue weighted by atomic mass is 35.5. The molecule has 0 aliphatic heterocycles. The van der Waals surface area contributed by atoms with E-state index in [2.05, 4.69) is 5.32 Å². The number of aryl methyl sites for hydroxylation is 2. The molecule has 0 aliphatic rings. The van der Waals surface area contributed by atoms with Crippen molar-refractivity contribution in [2.75, 3.05) is 5.32 Å². The number of hydrogen-bond acceptors (Lipinski definition) is 3. The molecule has 4 nitrogen and oxygen atoms in total. The first-order valence-electron chi connectivity index (χ1n) is 9.78. The molecule has 0 fully saturated rings. The van der Waals surface area contributed by atoms with Gasteiger partial charge in [-0.3, -0.25) is 4.79 Å². The zero-order chi connectivity index (χ0) is 21.7. The number of anilines is 2. The number of nitrogens with one attached hydrogen (secondary N) is 1. The van der Waals surface area contributed by atoms with Crippen LogP contribution in [-0.4, -0.2) is 4.57 Å². The number of rotatable bonds is 3. The topological polar surface area (TPSA) is 47.2 Å². The molecule has 2 heterocycles. The van der Waals surface area contributed by atoms with Gasteiger partial charge >= 0.3 is 0 Å². The van der Waals surface area contributed by atoms with E-state index in [1.165, 1.54) is 0 Å². The maximum atomic E-state index is 13.5. The molecule has 0 aliphatic carbocycles. The Hall–Kier alpha value is -3.21. The first-order valence-corrected chi connectivity index (χ1v) is 10.5. The number of para-hydroxylation sites is 2. The first-order chi connectivity index (χ1) is 15.0. The number of aromatic nitrogens is 1. The number of hydrogen-bond donors (Lipinski definition) is 1. The Morgan fingerprint density at radius 1 is 0.968 bits per heavy atom. The van der Waals surface area contributed by atoms with Crippen LogP contribution >= 0.6 is 23.2 Å². The predicted octanol–water partition coefficient (Wildman–Crippen LogP) is 7.31. The molecule has 5 rings (SSSR count). The first kappa shape index (κ1) is 19.7. The average Bonchev–Trinajstić information content (AvgIpc) is 3.13. The van der Waals surface area contributed by atoms with Crippen LogP contribution in [0.2, 0.25) is 10.0 Å². The lowest BCUT2D eigenvalue weighted by molar-refractivity contribution is 0.637. The summed E-state index contributed by atoms with van der Waals surface area (Å²) < 4.78 is 7.97. The highest BCUT2D eigenvalue weighted by Crippen LogP contribution is 2.43. The Labute approximate surface area is 188 Å². The Morgan fingerprint density at radius 3 is 2.48 bits per heavy atom. The predicted molar refractivity (Wildman–Crippen MR) is 129 cm³/mol. The third-order valence-corrected chi connectivity index (χ3v) is 6.08. The Balaban J connectivity index is 1.91. The van der Waals surface area contributed by atoms with Gasteiger partial charge in [0.2, 0.25) is 5.88 Å². The lowest BCUT2D eigenvalue weighted by Crippen LogP contribution is -2.17. The van der Waals surface area contributed by atoms with Crippen molar-refractivity contribution in [3.05, 3.63) is 92.7 Å². The summed E-state index contributed by atoms with van der Waals surface area (Å²) in [7, 11) is 1.76. The van der Waals surface area contributed by atoms with Gasteiger partial charge in [-0.1, -0.05) is 59.6 Å². The summed E-state index contributed by atoms with van der Waals surface area (Å²) in [6.45, 7) is 2.01. The van der Waals surface area contributed by atoms with Crippen LogP contribution in [-0.2, 0) is 7.05 Å². The fourth-order valence-corrected chi connectivity index (χ4v) is 4.44. The third kappa shape index (κ3) is 3.19. The van der Waals surface area contributed by atoms with Gasteiger partial charge in [-0.25, -0.2) is 0 Å². The minimum atomic E-state index is -0.156. The Morgan fingerprint density at radius 2 is 1.71 bits per heavy atom. The van der Waals surface area contributed by atoms with Gasteiger partial charge in [-0.2, -0.15) is 0 Å². The van der Waals surface area contributed by atoms with E-state index < -0.39 is 0 Å². The molecule has 0 bridgehead atoms. The molecule has 3 aromatic carbocycles. The summed E-state index contributed by atoms with van der Waals surface area (Å²) in [5.74, 6) is 0.460. The molecule has 6 heteroatoms. The largest absolute Gasteiger partial charge is 0.439 e. The van der Waals surface area contributed by atoms with Crippen LogP contribution in [0.4, 0.5) is 11.6 Å². The zero-order valence-corrected chi connectivity index (χ0v) is 18.4. The molecule has 5 aromatic rings. The number of pyridine rings is 1. The lowest BCUT2D eigenvalue weighted by atomic mass is 10.0. The summed E-state index contributed by atoms with van der Waals surface area (Å²) in [4.78, 5) is 13.5. The van der Waals surface area contributed by atoms with Crippen molar-refractivity contribution in [1.29, 1.82) is 0 Å². The van der Waals surface area contributed by atoms with Gasteiger partial charge in [0.15, 0.2) is 5.58 Å². The van der Waals surface area contributed by atoms with Gasteiger partial charge < -0.3 is 14.3 Å². The molecule has 0 saturated heterocycles. The number of nitrogens with zero attached hydrogens (tertiary/aromatic N) is 1. The fourth-order valence-electron chi connectivity index (χ4n) is 3.93. The molecule has 0 saturated carbocycles. The number of halogens is 2. The van der Waals surface area contributed by atoms with Crippen molar-refractivity contribution in [1.82, 2.24) is 4.57 Å². The summed E-state index contributed by atoms with van der Waals surface area (Å²) in [5, 5.41) is 5.66. The molecule has 31 heavy (non-hydrogen) atoms. The van der Waals surface area contributed by atoms with Crippen LogP contribution in [0.25, 0.3) is 33.0 Å². The van der Waals surface area contributed by atoms with E-state index in [4.69, 9.17) is 27.6 Å². The summed E-state index contributed by atoms with van der Waals surface area (Å²) in [6, 6.07) is 20.8. The van der Waals surface area contributed by atoms with Crippen molar-refractivity contribution in [3.8, 4) is 11.1 Å². The van der Waals surface area contributed by atoms with Crippen molar-refractivity contribution in [3.63, 3.8) is 0 Å². The SMILES string of the molecule is Cc1ccccc1Nc1oc2c(c1-c1ccc(Cl)cc1Cl)c(=O)n(C)c1ccccc21. The second-order valence-corrected chi connectivity index (χ2v) is 8.30. The number of fused-ring (bicyclic) bond motifs is 3. The molecular formula is C25H18Cl2N2O2. The molecule has 0 radical (unpaired) electrons. The minimum absolute atomic E-state index is 0.156. The molecule has 154 valence electrons. The highest BCUT2D eigenvalue weighted by molar-refractivity contribution is 6.37. The van der Waals surface area contributed by atoms with Crippen LogP contribution in [0, 0.1) is 6.92 Å². The van der Waals surface area contributed by atoms with Crippen LogP contribution in [0.15, 0.2) is 75.9 Å². The van der Waals surface area contributed by atoms with Gasteiger partial charge in [0.1, 0.15) is 0 Å². The summed E-state index contributed by atoms with van der Waals surface area (Å²) in [5.41, 5.74) is 4.39. The van der Waals surface area contributed by atoms with Crippen molar-refractivity contribution in [2.45, 2.75) is 6.92 Å². The maximum absolute atomic E-state index is 13.5. The van der Waals surface area contributed by atoms with E-state index in [1.807, 2.05) is 61.5 Å². The number of furan rings is 1. The van der Waals surface area contributed by atoms with E-state index >= 15 is 0 Å². The molecule has 1 N–H and O–H groups in total. The second-order valence-electron chi connectivity index (χ2n) is 7.46. The maximum Gasteiger partial charge on any atom is 0.262 e. The smallest absolute Gasteiger partial charge is 0.262 e. The van der Waals surface area contributed by atoms with Crippen LogP contribution in [0.5, 0.6) is 0 Å². The lowest BCUT2D eigenvalue weighted by Gasteiger charge is -2.10. The van der Waals surface area contributed by atoms with Gasteiger partial charge in [0.05, 0.1) is 21.5 Å². The van der Waals surface area contributed by atoms with E-state index in [-0.39, 0.29) is 5.56 Å².